The molecule has 0 radical (unpaired) electrons. The highest BCUT2D eigenvalue weighted by Gasteiger charge is 2.35. The van der Waals surface area contributed by atoms with Crippen molar-refractivity contribution in [2.75, 3.05) is 52.5 Å². The van der Waals surface area contributed by atoms with Crippen molar-refractivity contribution in [3.8, 4) is 0 Å². The van der Waals surface area contributed by atoms with E-state index < -0.39 is 0 Å². The molecule has 0 spiro atoms. The van der Waals surface area contributed by atoms with E-state index in [0.717, 1.165) is 58.8 Å². The van der Waals surface area contributed by atoms with Crippen LogP contribution in [0.3, 0.4) is 0 Å². The number of nitrogens with zero attached hydrogens (tertiary/aromatic N) is 2. The number of rotatable bonds is 7. The van der Waals surface area contributed by atoms with Crippen LogP contribution in [0.25, 0.3) is 0 Å². The van der Waals surface area contributed by atoms with Crippen LogP contribution in [0.4, 0.5) is 0 Å². The van der Waals surface area contributed by atoms with Crippen LogP contribution >= 0.6 is 0 Å². The van der Waals surface area contributed by atoms with Crippen molar-refractivity contribution in [1.82, 2.24) is 9.80 Å². The average Bonchev–Trinajstić information content (AvgIpc) is 2.56. The number of carbonyl (C=O) groups is 1. The maximum atomic E-state index is 12.6. The number of hydrogen-bond donors (Lipinski definition) is 1. The molecule has 1 saturated heterocycles. The maximum Gasteiger partial charge on any atom is 0.223 e. The minimum atomic E-state index is 0.0848. The highest BCUT2D eigenvalue weighted by molar-refractivity contribution is 5.77. The Morgan fingerprint density at radius 2 is 1.82 bits per heavy atom. The third kappa shape index (κ3) is 4.93. The Hall–Kier alpha value is -0.650. The lowest BCUT2D eigenvalue weighted by Gasteiger charge is -2.39. The van der Waals surface area contributed by atoms with E-state index in [1.807, 2.05) is 11.8 Å². The van der Waals surface area contributed by atoms with Crippen molar-refractivity contribution >= 4 is 5.91 Å². The second kappa shape index (κ2) is 8.85. The Morgan fingerprint density at radius 1 is 1.14 bits per heavy atom. The van der Waals surface area contributed by atoms with E-state index in [1.165, 1.54) is 19.3 Å². The molecule has 22 heavy (non-hydrogen) atoms. The Morgan fingerprint density at radius 3 is 2.41 bits per heavy atom. The fourth-order valence-corrected chi connectivity index (χ4v) is 3.75. The van der Waals surface area contributed by atoms with Crippen LogP contribution < -0.4 is 5.73 Å². The summed E-state index contributed by atoms with van der Waals surface area (Å²) in [4.78, 5) is 17.1. The molecule has 1 saturated carbocycles. The van der Waals surface area contributed by atoms with Gasteiger partial charge in [-0.2, -0.15) is 0 Å². The summed E-state index contributed by atoms with van der Waals surface area (Å²) in [6, 6.07) is 0. The Balaban J connectivity index is 1.74. The molecule has 2 N–H and O–H groups in total. The molecule has 1 heterocycles. The zero-order chi connectivity index (χ0) is 15.8. The molecule has 0 bridgehead atoms. The molecule has 0 aromatic heterocycles. The van der Waals surface area contributed by atoms with Gasteiger partial charge in [0.05, 0.1) is 6.61 Å². The lowest BCUT2D eigenvalue weighted by Crippen LogP contribution is -2.50. The van der Waals surface area contributed by atoms with E-state index in [9.17, 15) is 4.79 Å². The standard InChI is InChI=1S/C17H33N3O2/c1-2-22-13-12-19-8-10-20(11-9-19)16(21)14-17(15-18)6-4-3-5-7-17/h2-15,18H2,1H3. The minimum Gasteiger partial charge on any atom is -0.380 e. The van der Waals surface area contributed by atoms with Crippen LogP contribution in [0.1, 0.15) is 45.4 Å². The zero-order valence-electron chi connectivity index (χ0n) is 14.2. The topological polar surface area (TPSA) is 58.8 Å². The molecule has 0 aromatic carbocycles. The first-order valence-electron chi connectivity index (χ1n) is 8.97. The Labute approximate surface area is 135 Å². The molecule has 1 amide bonds. The van der Waals surface area contributed by atoms with E-state index in [-0.39, 0.29) is 5.41 Å². The van der Waals surface area contributed by atoms with Crippen molar-refractivity contribution in [3.05, 3.63) is 0 Å². The van der Waals surface area contributed by atoms with Crippen LogP contribution in [0, 0.1) is 5.41 Å². The van der Waals surface area contributed by atoms with Gasteiger partial charge in [0, 0.05) is 45.8 Å². The van der Waals surface area contributed by atoms with Crippen LogP contribution in [0.15, 0.2) is 0 Å². The lowest BCUT2D eigenvalue weighted by atomic mass is 9.71. The SMILES string of the molecule is CCOCCN1CCN(C(=O)CC2(CN)CCCCC2)CC1. The van der Waals surface area contributed by atoms with Gasteiger partial charge in [-0.3, -0.25) is 9.69 Å². The predicted molar refractivity (Wildman–Crippen MR) is 88.7 cm³/mol. The normalized spacial score (nSPS) is 22.7. The summed E-state index contributed by atoms with van der Waals surface area (Å²) < 4.78 is 5.40. The predicted octanol–water partition coefficient (Wildman–Crippen LogP) is 1.47. The summed E-state index contributed by atoms with van der Waals surface area (Å²) >= 11 is 0. The average molecular weight is 311 g/mol. The molecule has 128 valence electrons. The van der Waals surface area contributed by atoms with Gasteiger partial charge in [-0.25, -0.2) is 0 Å². The van der Waals surface area contributed by atoms with E-state index >= 15 is 0 Å². The number of carbonyl (C=O) groups excluding carboxylic acids is 1. The monoisotopic (exact) mass is 311 g/mol. The van der Waals surface area contributed by atoms with Gasteiger partial charge in [-0.1, -0.05) is 19.3 Å². The maximum absolute atomic E-state index is 12.6. The summed E-state index contributed by atoms with van der Waals surface area (Å²) in [6.45, 7) is 8.87. The third-order valence-electron chi connectivity index (χ3n) is 5.35. The number of hydrogen-bond acceptors (Lipinski definition) is 4. The van der Waals surface area contributed by atoms with Crippen LogP contribution in [0.2, 0.25) is 0 Å². The molecule has 5 nitrogen and oxygen atoms in total. The molecular formula is C17H33N3O2. The summed E-state index contributed by atoms with van der Waals surface area (Å²) in [5, 5.41) is 0. The first kappa shape index (κ1) is 17.7. The highest BCUT2D eigenvalue weighted by atomic mass is 16.5. The van der Waals surface area contributed by atoms with Crippen molar-refractivity contribution < 1.29 is 9.53 Å². The molecule has 2 aliphatic rings. The Bertz CT molecular complexity index is 335. The fourth-order valence-electron chi connectivity index (χ4n) is 3.75. The number of ether oxygens (including phenoxy) is 1. The summed E-state index contributed by atoms with van der Waals surface area (Å²) in [6.07, 6.45) is 6.68. The second-order valence-electron chi connectivity index (χ2n) is 6.86. The summed E-state index contributed by atoms with van der Waals surface area (Å²) in [5.74, 6) is 0.316. The first-order valence-corrected chi connectivity index (χ1v) is 8.97. The number of amides is 1. The third-order valence-corrected chi connectivity index (χ3v) is 5.35. The van der Waals surface area contributed by atoms with Gasteiger partial charge < -0.3 is 15.4 Å². The van der Waals surface area contributed by atoms with Crippen LogP contribution in [-0.2, 0) is 9.53 Å². The van der Waals surface area contributed by atoms with Crippen molar-refractivity contribution in [1.29, 1.82) is 0 Å². The minimum absolute atomic E-state index is 0.0848. The number of piperazine rings is 1. The van der Waals surface area contributed by atoms with Crippen molar-refractivity contribution in [2.24, 2.45) is 11.1 Å². The van der Waals surface area contributed by atoms with Crippen LogP contribution in [0.5, 0.6) is 0 Å². The molecule has 0 unspecified atom stereocenters. The molecule has 2 fully saturated rings. The van der Waals surface area contributed by atoms with Gasteiger partial charge in [0.1, 0.15) is 0 Å². The van der Waals surface area contributed by atoms with E-state index in [4.69, 9.17) is 10.5 Å². The number of nitrogens with two attached hydrogens (primary N) is 1. The quantitative estimate of drug-likeness (QED) is 0.723. The molecule has 0 atom stereocenters. The molecule has 1 aliphatic heterocycles. The fraction of sp³-hybridized carbons (Fsp3) is 0.941. The highest BCUT2D eigenvalue weighted by Crippen LogP contribution is 2.38. The molecule has 2 rings (SSSR count). The molecular weight excluding hydrogens is 278 g/mol. The van der Waals surface area contributed by atoms with Crippen LogP contribution in [-0.4, -0.2) is 68.2 Å². The van der Waals surface area contributed by atoms with Gasteiger partial charge in [0.2, 0.25) is 5.91 Å². The lowest BCUT2D eigenvalue weighted by molar-refractivity contribution is -0.136. The van der Waals surface area contributed by atoms with Gasteiger partial charge in [0.25, 0.3) is 0 Å². The van der Waals surface area contributed by atoms with Gasteiger partial charge in [-0.05, 0) is 31.7 Å². The van der Waals surface area contributed by atoms with Crippen molar-refractivity contribution in [3.63, 3.8) is 0 Å². The summed E-state index contributed by atoms with van der Waals surface area (Å²) in [5.41, 5.74) is 6.10. The second-order valence-corrected chi connectivity index (χ2v) is 6.86. The first-order chi connectivity index (χ1) is 10.7. The molecule has 5 heteroatoms. The smallest absolute Gasteiger partial charge is 0.223 e. The van der Waals surface area contributed by atoms with Gasteiger partial charge >= 0.3 is 0 Å². The van der Waals surface area contributed by atoms with E-state index in [0.29, 0.717) is 18.9 Å². The van der Waals surface area contributed by atoms with Crippen molar-refractivity contribution in [2.45, 2.75) is 45.4 Å². The van der Waals surface area contributed by atoms with E-state index in [2.05, 4.69) is 4.90 Å². The zero-order valence-corrected chi connectivity index (χ0v) is 14.2. The van der Waals surface area contributed by atoms with Gasteiger partial charge in [0.15, 0.2) is 0 Å². The summed E-state index contributed by atoms with van der Waals surface area (Å²) in [7, 11) is 0. The molecule has 0 aromatic rings. The largest absolute Gasteiger partial charge is 0.380 e. The van der Waals surface area contributed by atoms with E-state index in [1.54, 1.807) is 0 Å². The Kier molecular flexibility index (Phi) is 7.12. The molecule has 1 aliphatic carbocycles. The van der Waals surface area contributed by atoms with Gasteiger partial charge in [-0.15, -0.1) is 0 Å².